The number of nitrogens with zero attached hydrogens (tertiary/aromatic N) is 2. The number of phenols is 1. The summed E-state index contributed by atoms with van der Waals surface area (Å²) in [6, 6.07) is 22.8. The molecule has 0 aromatic heterocycles. The summed E-state index contributed by atoms with van der Waals surface area (Å²) < 4.78 is 6.03. The molecule has 1 fully saturated rings. The van der Waals surface area contributed by atoms with Gasteiger partial charge in [-0.1, -0.05) is 48.5 Å². The Bertz CT molecular complexity index is 1210. The molecule has 0 radical (unpaired) electrons. The minimum absolute atomic E-state index is 0.0371. The topological polar surface area (TPSA) is 62.1 Å². The Hall–Kier alpha value is -3.03. The monoisotopic (exact) mass is 522 g/mol. The molecule has 1 N–H and O–H groups in total. The van der Waals surface area contributed by atoms with E-state index in [1.165, 1.54) is 11.8 Å². The maximum absolute atomic E-state index is 13.6. The first-order chi connectivity index (χ1) is 16.0. The van der Waals surface area contributed by atoms with Crippen molar-refractivity contribution in [1.82, 2.24) is 4.90 Å². The number of amidine groups is 1. The fraction of sp³-hybridized carbons (Fsp3) is 0.154. The zero-order valence-corrected chi connectivity index (χ0v) is 20.6. The lowest BCUT2D eigenvalue weighted by molar-refractivity contribution is -0.123. The third kappa shape index (κ3) is 5.15. The number of aromatic hydroxyl groups is 1. The van der Waals surface area contributed by atoms with E-state index < -0.39 is 0 Å². The van der Waals surface area contributed by atoms with Crippen molar-refractivity contribution in [3.8, 4) is 11.5 Å². The maximum Gasteiger partial charge on any atom is 0.267 e. The van der Waals surface area contributed by atoms with Gasteiger partial charge >= 0.3 is 0 Å². The smallest absolute Gasteiger partial charge is 0.267 e. The number of benzene rings is 3. The molecule has 0 saturated carbocycles. The van der Waals surface area contributed by atoms with E-state index >= 15 is 0 Å². The van der Waals surface area contributed by atoms with Gasteiger partial charge in [0.15, 0.2) is 16.7 Å². The SMILES string of the molecule is CCOc1cc(/C=C2/SC(=Nc3ccccc3)N([C@@H](C)c3ccccc3)C2=O)cc(Br)c1O. The van der Waals surface area contributed by atoms with Crippen LogP contribution in [0.25, 0.3) is 6.08 Å². The molecule has 1 atom stereocenters. The number of ether oxygens (including phenoxy) is 1. The van der Waals surface area contributed by atoms with Gasteiger partial charge in [0.25, 0.3) is 5.91 Å². The molecule has 1 aliphatic rings. The van der Waals surface area contributed by atoms with Crippen LogP contribution >= 0.6 is 27.7 Å². The Morgan fingerprint density at radius 2 is 1.79 bits per heavy atom. The number of amides is 1. The van der Waals surface area contributed by atoms with Crippen molar-refractivity contribution in [2.75, 3.05) is 6.61 Å². The summed E-state index contributed by atoms with van der Waals surface area (Å²) in [6.07, 6.45) is 1.80. The fourth-order valence-electron chi connectivity index (χ4n) is 3.49. The van der Waals surface area contributed by atoms with Crippen LogP contribution in [0, 0.1) is 0 Å². The van der Waals surface area contributed by atoms with Gasteiger partial charge in [-0.25, -0.2) is 4.99 Å². The van der Waals surface area contributed by atoms with E-state index in [0.717, 1.165) is 16.8 Å². The highest BCUT2D eigenvalue weighted by atomic mass is 79.9. The Balaban J connectivity index is 1.75. The molecule has 5 nitrogen and oxygen atoms in total. The van der Waals surface area contributed by atoms with Gasteiger partial charge in [-0.2, -0.15) is 0 Å². The maximum atomic E-state index is 13.6. The lowest BCUT2D eigenvalue weighted by atomic mass is 10.1. The summed E-state index contributed by atoms with van der Waals surface area (Å²) in [4.78, 5) is 20.6. The first-order valence-electron chi connectivity index (χ1n) is 10.5. The molecule has 1 heterocycles. The van der Waals surface area contributed by atoms with Gasteiger partial charge in [-0.05, 0) is 83.0 Å². The number of carbonyl (C=O) groups excluding carboxylic acids is 1. The van der Waals surface area contributed by atoms with Crippen LogP contribution in [-0.2, 0) is 4.79 Å². The normalized spacial score (nSPS) is 17.1. The number of phenolic OH excluding ortho intramolecular Hbond substituents is 1. The molecule has 0 aliphatic carbocycles. The van der Waals surface area contributed by atoms with Crippen LogP contribution < -0.4 is 4.74 Å². The highest BCUT2D eigenvalue weighted by Gasteiger charge is 2.37. The number of rotatable bonds is 6. The summed E-state index contributed by atoms with van der Waals surface area (Å²) in [6.45, 7) is 4.27. The molecular formula is C26H23BrN2O3S. The summed E-state index contributed by atoms with van der Waals surface area (Å²) in [5.41, 5.74) is 2.55. The van der Waals surface area contributed by atoms with Gasteiger partial charge in [0.05, 0.1) is 27.7 Å². The van der Waals surface area contributed by atoms with Crippen molar-refractivity contribution in [3.63, 3.8) is 0 Å². The van der Waals surface area contributed by atoms with Crippen LogP contribution in [0.5, 0.6) is 11.5 Å². The van der Waals surface area contributed by atoms with Crippen molar-refractivity contribution in [1.29, 1.82) is 0 Å². The third-order valence-electron chi connectivity index (χ3n) is 5.14. The molecule has 0 spiro atoms. The Labute approximate surface area is 205 Å². The van der Waals surface area contributed by atoms with Crippen molar-refractivity contribution in [2.24, 2.45) is 4.99 Å². The third-order valence-corrected chi connectivity index (χ3v) is 6.72. The zero-order chi connectivity index (χ0) is 23.4. The second-order valence-corrected chi connectivity index (χ2v) is 9.25. The Kier molecular flexibility index (Phi) is 7.20. The highest BCUT2D eigenvalue weighted by molar-refractivity contribution is 9.10. The lowest BCUT2D eigenvalue weighted by Gasteiger charge is -2.24. The minimum atomic E-state index is -0.190. The molecule has 0 bridgehead atoms. The van der Waals surface area contributed by atoms with Crippen LogP contribution in [0.3, 0.4) is 0 Å². The first kappa shape index (κ1) is 23.1. The van der Waals surface area contributed by atoms with E-state index in [1.54, 1.807) is 23.1 Å². The summed E-state index contributed by atoms with van der Waals surface area (Å²) in [5, 5.41) is 10.8. The van der Waals surface area contributed by atoms with E-state index in [-0.39, 0.29) is 17.7 Å². The average Bonchev–Trinajstić information content (AvgIpc) is 3.12. The van der Waals surface area contributed by atoms with E-state index in [9.17, 15) is 9.90 Å². The molecule has 0 unspecified atom stereocenters. The number of thioether (sulfide) groups is 1. The van der Waals surface area contributed by atoms with Gasteiger partial charge < -0.3 is 9.84 Å². The molecule has 3 aromatic carbocycles. The number of aliphatic imine (C=N–C) groups is 1. The van der Waals surface area contributed by atoms with E-state index in [4.69, 9.17) is 9.73 Å². The van der Waals surface area contributed by atoms with Gasteiger partial charge in [0, 0.05) is 0 Å². The second-order valence-electron chi connectivity index (χ2n) is 7.38. The molecule has 33 heavy (non-hydrogen) atoms. The van der Waals surface area contributed by atoms with Crippen molar-refractivity contribution < 1.29 is 14.6 Å². The van der Waals surface area contributed by atoms with Gasteiger partial charge in [0.1, 0.15) is 0 Å². The standard InChI is InChI=1S/C26H23BrN2O3S/c1-3-32-22-15-18(14-21(27)24(22)30)16-23-25(31)29(17(2)19-10-6-4-7-11-19)26(33-23)28-20-12-8-5-9-13-20/h4-17,30H,3H2,1-2H3/b23-16+,28-26?/t17-/m0/s1. The van der Waals surface area contributed by atoms with Crippen LogP contribution in [0.15, 0.2) is 87.2 Å². The van der Waals surface area contributed by atoms with Gasteiger partial charge in [0.2, 0.25) is 0 Å². The lowest BCUT2D eigenvalue weighted by Crippen LogP contribution is -2.32. The summed E-state index contributed by atoms with van der Waals surface area (Å²) >= 11 is 4.71. The summed E-state index contributed by atoms with van der Waals surface area (Å²) in [7, 11) is 0. The van der Waals surface area contributed by atoms with Crippen molar-refractivity contribution >= 4 is 50.5 Å². The Morgan fingerprint density at radius 1 is 1.12 bits per heavy atom. The largest absolute Gasteiger partial charge is 0.503 e. The molecule has 168 valence electrons. The second kappa shape index (κ2) is 10.3. The van der Waals surface area contributed by atoms with E-state index in [1.807, 2.05) is 74.5 Å². The van der Waals surface area contributed by atoms with Crippen LogP contribution in [0.2, 0.25) is 0 Å². The van der Waals surface area contributed by atoms with Gasteiger partial charge in [-0.3, -0.25) is 9.69 Å². The van der Waals surface area contributed by atoms with Crippen LogP contribution in [0.4, 0.5) is 5.69 Å². The highest BCUT2D eigenvalue weighted by Crippen LogP contribution is 2.41. The number of carbonyl (C=O) groups is 1. The number of hydrogen-bond donors (Lipinski definition) is 1. The van der Waals surface area contributed by atoms with Crippen LogP contribution in [0.1, 0.15) is 31.0 Å². The van der Waals surface area contributed by atoms with E-state index in [2.05, 4.69) is 15.9 Å². The van der Waals surface area contributed by atoms with E-state index in [0.29, 0.717) is 26.9 Å². The molecular weight excluding hydrogens is 500 g/mol. The number of hydrogen-bond acceptors (Lipinski definition) is 5. The quantitative estimate of drug-likeness (QED) is 0.357. The zero-order valence-electron chi connectivity index (χ0n) is 18.2. The molecule has 1 aliphatic heterocycles. The number of halogens is 1. The summed E-state index contributed by atoms with van der Waals surface area (Å²) in [5.74, 6) is 0.283. The van der Waals surface area contributed by atoms with Crippen LogP contribution in [-0.4, -0.2) is 27.7 Å². The molecule has 3 aromatic rings. The van der Waals surface area contributed by atoms with Crippen molar-refractivity contribution in [2.45, 2.75) is 19.9 Å². The first-order valence-corrected chi connectivity index (χ1v) is 12.2. The minimum Gasteiger partial charge on any atom is -0.503 e. The molecule has 1 saturated heterocycles. The predicted octanol–water partition coefficient (Wildman–Crippen LogP) is 6.92. The van der Waals surface area contributed by atoms with Crippen molar-refractivity contribution in [3.05, 3.63) is 93.3 Å². The molecule has 4 rings (SSSR count). The Morgan fingerprint density at radius 3 is 2.45 bits per heavy atom. The number of para-hydroxylation sites is 1. The van der Waals surface area contributed by atoms with Gasteiger partial charge in [-0.15, -0.1) is 0 Å². The fourth-order valence-corrected chi connectivity index (χ4v) is 5.02. The molecule has 7 heteroatoms. The molecule has 1 amide bonds. The average molecular weight is 523 g/mol. The predicted molar refractivity (Wildman–Crippen MR) is 138 cm³/mol.